The van der Waals surface area contributed by atoms with Crippen LogP contribution < -0.4 is 10.1 Å². The number of rotatable bonds is 4. The number of ether oxygens (including phenoxy) is 1. The summed E-state index contributed by atoms with van der Waals surface area (Å²) >= 11 is 0. The normalized spacial score (nSPS) is 15.5. The summed E-state index contributed by atoms with van der Waals surface area (Å²) in [6.07, 6.45) is 1.60. The number of amides is 2. The Morgan fingerprint density at radius 3 is 2.55 bits per heavy atom. The lowest BCUT2D eigenvalue weighted by atomic mass is 10.1. The lowest BCUT2D eigenvalue weighted by Gasteiger charge is -2.32. The van der Waals surface area contributed by atoms with Crippen LogP contribution in [0.3, 0.4) is 0 Å². The monoisotopic (exact) mass is 304 g/mol. The molecule has 0 spiro atoms. The Morgan fingerprint density at radius 2 is 1.95 bits per heavy atom. The second kappa shape index (κ2) is 7.29. The highest BCUT2D eigenvalue weighted by molar-refractivity contribution is 5.78. The van der Waals surface area contributed by atoms with Crippen molar-refractivity contribution in [2.75, 3.05) is 19.7 Å². The quantitative estimate of drug-likeness (QED) is 0.923. The molecule has 22 heavy (non-hydrogen) atoms. The summed E-state index contributed by atoms with van der Waals surface area (Å²) in [5, 5.41) is 2.90. The molecule has 5 heteroatoms. The molecule has 0 radical (unpaired) electrons. The van der Waals surface area contributed by atoms with Gasteiger partial charge >= 0.3 is 0 Å². The van der Waals surface area contributed by atoms with Gasteiger partial charge in [0.1, 0.15) is 5.75 Å². The number of piperidine rings is 1. The highest BCUT2D eigenvalue weighted by Crippen LogP contribution is 2.19. The Bertz CT molecular complexity index is 549. The minimum atomic E-state index is -0.0112. The molecule has 1 N–H and O–H groups in total. The molecule has 1 aromatic rings. The van der Waals surface area contributed by atoms with Gasteiger partial charge in [-0.2, -0.15) is 0 Å². The summed E-state index contributed by atoms with van der Waals surface area (Å²) in [5.74, 6) is 0.747. The van der Waals surface area contributed by atoms with E-state index in [2.05, 4.69) is 5.32 Å². The zero-order valence-electron chi connectivity index (χ0n) is 13.5. The van der Waals surface area contributed by atoms with E-state index in [1.165, 1.54) is 12.5 Å². The topological polar surface area (TPSA) is 58.6 Å². The molecule has 1 aromatic carbocycles. The Hall–Kier alpha value is -2.04. The van der Waals surface area contributed by atoms with Gasteiger partial charge in [-0.15, -0.1) is 0 Å². The van der Waals surface area contributed by atoms with Gasteiger partial charge in [-0.1, -0.05) is 17.7 Å². The van der Waals surface area contributed by atoms with E-state index in [-0.39, 0.29) is 24.5 Å². The minimum Gasteiger partial charge on any atom is -0.484 e. The molecule has 1 aliphatic heterocycles. The fourth-order valence-corrected chi connectivity index (χ4v) is 2.75. The summed E-state index contributed by atoms with van der Waals surface area (Å²) in [5.41, 5.74) is 2.22. The van der Waals surface area contributed by atoms with E-state index < -0.39 is 0 Å². The van der Waals surface area contributed by atoms with E-state index in [1.54, 1.807) is 0 Å². The standard InChI is InChI=1S/C17H24N2O3/c1-12-4-5-16(13(2)10-12)22-11-17(21)19-8-6-15(7-9-19)18-14(3)20/h4-5,10,15H,6-9,11H2,1-3H3,(H,18,20). The Kier molecular flexibility index (Phi) is 5.41. The molecule has 1 fully saturated rings. The van der Waals surface area contributed by atoms with E-state index in [9.17, 15) is 9.59 Å². The smallest absolute Gasteiger partial charge is 0.260 e. The van der Waals surface area contributed by atoms with Crippen LogP contribution in [0.4, 0.5) is 0 Å². The van der Waals surface area contributed by atoms with Crippen molar-refractivity contribution in [1.82, 2.24) is 10.2 Å². The van der Waals surface area contributed by atoms with Crippen molar-refractivity contribution in [3.05, 3.63) is 29.3 Å². The lowest BCUT2D eigenvalue weighted by Crippen LogP contribution is -2.47. The maximum absolute atomic E-state index is 12.2. The molecule has 0 bridgehead atoms. The Labute approximate surface area is 131 Å². The SMILES string of the molecule is CC(=O)NC1CCN(C(=O)COc2ccc(C)cc2C)CC1. The third-order valence-electron chi connectivity index (χ3n) is 3.94. The first kappa shape index (κ1) is 16.3. The van der Waals surface area contributed by atoms with Crippen LogP contribution in [0.1, 0.15) is 30.9 Å². The van der Waals surface area contributed by atoms with Gasteiger partial charge in [0.25, 0.3) is 5.91 Å². The number of carbonyl (C=O) groups excluding carboxylic acids is 2. The molecule has 2 amide bonds. The number of benzene rings is 1. The van der Waals surface area contributed by atoms with E-state index in [0.717, 1.165) is 24.2 Å². The van der Waals surface area contributed by atoms with Crippen molar-refractivity contribution < 1.29 is 14.3 Å². The summed E-state index contributed by atoms with van der Waals surface area (Å²) < 4.78 is 5.64. The molecule has 1 aliphatic rings. The van der Waals surface area contributed by atoms with Crippen LogP contribution in [-0.4, -0.2) is 42.5 Å². The third-order valence-corrected chi connectivity index (χ3v) is 3.94. The fourth-order valence-electron chi connectivity index (χ4n) is 2.75. The maximum atomic E-state index is 12.2. The predicted molar refractivity (Wildman–Crippen MR) is 84.8 cm³/mol. The minimum absolute atomic E-state index is 0.00116. The molecule has 2 rings (SSSR count). The van der Waals surface area contributed by atoms with Crippen molar-refractivity contribution in [2.45, 2.75) is 39.7 Å². The molecule has 5 nitrogen and oxygen atoms in total. The summed E-state index contributed by atoms with van der Waals surface area (Å²) in [6, 6.07) is 6.10. The van der Waals surface area contributed by atoms with Crippen LogP contribution in [-0.2, 0) is 9.59 Å². The van der Waals surface area contributed by atoms with Crippen LogP contribution >= 0.6 is 0 Å². The zero-order chi connectivity index (χ0) is 16.1. The van der Waals surface area contributed by atoms with Gasteiger partial charge in [-0.3, -0.25) is 9.59 Å². The van der Waals surface area contributed by atoms with Crippen molar-refractivity contribution in [1.29, 1.82) is 0 Å². The van der Waals surface area contributed by atoms with Crippen LogP contribution in [0.25, 0.3) is 0 Å². The van der Waals surface area contributed by atoms with Gasteiger partial charge in [0.2, 0.25) is 5.91 Å². The van der Waals surface area contributed by atoms with Gasteiger partial charge in [0.05, 0.1) is 0 Å². The van der Waals surface area contributed by atoms with Crippen LogP contribution in [0, 0.1) is 13.8 Å². The van der Waals surface area contributed by atoms with Gasteiger partial charge < -0.3 is 15.0 Å². The molecule has 1 heterocycles. The fraction of sp³-hybridized carbons (Fsp3) is 0.529. The molecule has 0 saturated carbocycles. The molecule has 1 saturated heterocycles. The van der Waals surface area contributed by atoms with Gasteiger partial charge in [-0.05, 0) is 38.3 Å². The van der Waals surface area contributed by atoms with E-state index >= 15 is 0 Å². The third kappa shape index (κ3) is 4.48. The number of hydrogen-bond acceptors (Lipinski definition) is 3. The predicted octanol–water partition coefficient (Wildman–Crippen LogP) is 1.81. The van der Waals surface area contributed by atoms with Crippen molar-refractivity contribution in [2.24, 2.45) is 0 Å². The molecule has 0 unspecified atom stereocenters. The van der Waals surface area contributed by atoms with Crippen LogP contribution in [0.5, 0.6) is 5.75 Å². The Morgan fingerprint density at radius 1 is 1.27 bits per heavy atom. The van der Waals surface area contributed by atoms with Gasteiger partial charge in [0, 0.05) is 26.1 Å². The number of hydrogen-bond donors (Lipinski definition) is 1. The first-order valence-electron chi connectivity index (χ1n) is 7.70. The van der Waals surface area contributed by atoms with Gasteiger partial charge in [0.15, 0.2) is 6.61 Å². The zero-order valence-corrected chi connectivity index (χ0v) is 13.5. The lowest BCUT2D eigenvalue weighted by molar-refractivity contribution is -0.134. The van der Waals surface area contributed by atoms with Crippen molar-refractivity contribution in [3.8, 4) is 5.75 Å². The van der Waals surface area contributed by atoms with Crippen molar-refractivity contribution in [3.63, 3.8) is 0 Å². The molecule has 0 aromatic heterocycles. The van der Waals surface area contributed by atoms with Gasteiger partial charge in [-0.25, -0.2) is 0 Å². The summed E-state index contributed by atoms with van der Waals surface area (Å²) in [6.45, 7) is 6.93. The second-order valence-corrected chi connectivity index (χ2v) is 5.91. The molecular weight excluding hydrogens is 280 g/mol. The highest BCUT2D eigenvalue weighted by Gasteiger charge is 2.23. The highest BCUT2D eigenvalue weighted by atomic mass is 16.5. The number of nitrogens with one attached hydrogen (secondary N) is 1. The van der Waals surface area contributed by atoms with Crippen molar-refractivity contribution >= 4 is 11.8 Å². The first-order valence-corrected chi connectivity index (χ1v) is 7.70. The molecule has 0 atom stereocenters. The average molecular weight is 304 g/mol. The van der Waals surface area contributed by atoms with E-state index in [1.807, 2.05) is 36.9 Å². The molecular formula is C17H24N2O3. The molecule has 120 valence electrons. The van der Waals surface area contributed by atoms with E-state index in [0.29, 0.717) is 13.1 Å². The number of carbonyl (C=O) groups is 2. The number of likely N-dealkylation sites (tertiary alicyclic amines) is 1. The molecule has 0 aliphatic carbocycles. The second-order valence-electron chi connectivity index (χ2n) is 5.91. The Balaban J connectivity index is 1.80. The summed E-state index contributed by atoms with van der Waals surface area (Å²) in [4.78, 5) is 25.0. The number of nitrogens with zero attached hydrogens (tertiary/aromatic N) is 1. The first-order chi connectivity index (χ1) is 10.5. The number of aryl methyl sites for hydroxylation is 2. The largest absolute Gasteiger partial charge is 0.484 e. The maximum Gasteiger partial charge on any atom is 0.260 e. The summed E-state index contributed by atoms with van der Waals surface area (Å²) in [7, 11) is 0. The average Bonchev–Trinajstić information content (AvgIpc) is 2.46. The van der Waals surface area contributed by atoms with Crippen LogP contribution in [0.15, 0.2) is 18.2 Å². The van der Waals surface area contributed by atoms with Crippen LogP contribution in [0.2, 0.25) is 0 Å². The van der Waals surface area contributed by atoms with E-state index in [4.69, 9.17) is 4.74 Å².